The molecule has 0 heterocycles. The fourth-order valence-corrected chi connectivity index (χ4v) is 3.21. The molecule has 94 valence electrons. The average molecular weight is 224 g/mol. The van der Waals surface area contributed by atoms with Crippen LogP contribution in [-0.2, 0) is 0 Å². The van der Waals surface area contributed by atoms with Gasteiger partial charge in [-0.2, -0.15) is 0 Å². The highest BCUT2D eigenvalue weighted by atomic mass is 15.2. The van der Waals surface area contributed by atoms with E-state index in [1.807, 2.05) is 0 Å². The summed E-state index contributed by atoms with van der Waals surface area (Å²) >= 11 is 0. The van der Waals surface area contributed by atoms with Gasteiger partial charge in [0.15, 0.2) is 0 Å². The third kappa shape index (κ3) is 2.78. The molecule has 2 rings (SSSR count). The summed E-state index contributed by atoms with van der Waals surface area (Å²) < 4.78 is 0. The number of nitrogens with zero attached hydrogens (tertiary/aromatic N) is 1. The van der Waals surface area contributed by atoms with Gasteiger partial charge in [-0.15, -0.1) is 0 Å². The Bertz CT molecular complexity index is 249. The maximum atomic E-state index is 6.29. The second-order valence-corrected chi connectivity index (χ2v) is 7.05. The van der Waals surface area contributed by atoms with Gasteiger partial charge in [-0.25, -0.2) is 0 Å². The topological polar surface area (TPSA) is 29.3 Å². The highest BCUT2D eigenvalue weighted by Gasteiger charge is 2.39. The Morgan fingerprint density at radius 1 is 1.38 bits per heavy atom. The minimum absolute atomic E-state index is 0.395. The highest BCUT2D eigenvalue weighted by Crippen LogP contribution is 2.41. The second kappa shape index (κ2) is 4.30. The molecule has 0 saturated heterocycles. The molecule has 2 saturated carbocycles. The van der Waals surface area contributed by atoms with Crippen molar-refractivity contribution in [3.63, 3.8) is 0 Å². The summed E-state index contributed by atoms with van der Waals surface area (Å²) in [5.41, 5.74) is 6.78. The quantitative estimate of drug-likeness (QED) is 0.798. The molecule has 2 nitrogen and oxygen atoms in total. The first-order valence-electron chi connectivity index (χ1n) is 6.85. The summed E-state index contributed by atoms with van der Waals surface area (Å²) in [6.45, 7) is 8.40. The van der Waals surface area contributed by atoms with Crippen molar-refractivity contribution in [2.45, 2.75) is 58.5 Å². The van der Waals surface area contributed by atoms with E-state index >= 15 is 0 Å². The van der Waals surface area contributed by atoms with Gasteiger partial charge in [0.1, 0.15) is 0 Å². The molecular formula is C14H28N2. The van der Waals surface area contributed by atoms with E-state index in [4.69, 9.17) is 5.73 Å². The Kier molecular flexibility index (Phi) is 3.33. The number of likely N-dealkylation sites (N-methyl/N-ethyl adjacent to an activating group) is 1. The lowest BCUT2D eigenvalue weighted by Crippen LogP contribution is -2.52. The van der Waals surface area contributed by atoms with Crippen molar-refractivity contribution in [3.8, 4) is 0 Å². The molecular weight excluding hydrogens is 196 g/mol. The van der Waals surface area contributed by atoms with Crippen LogP contribution >= 0.6 is 0 Å². The SMILES string of the molecule is CC1CC1CN(C)C1CC(C)(C)CCC1N. The van der Waals surface area contributed by atoms with Crippen molar-refractivity contribution < 1.29 is 0 Å². The summed E-state index contributed by atoms with van der Waals surface area (Å²) in [6, 6.07) is 1.00. The summed E-state index contributed by atoms with van der Waals surface area (Å²) in [5.74, 6) is 1.90. The zero-order valence-corrected chi connectivity index (χ0v) is 11.4. The van der Waals surface area contributed by atoms with Crippen molar-refractivity contribution in [1.29, 1.82) is 0 Å². The maximum absolute atomic E-state index is 6.29. The predicted octanol–water partition coefficient (Wildman–Crippen LogP) is 2.48. The largest absolute Gasteiger partial charge is 0.326 e. The Hall–Kier alpha value is -0.0800. The number of hydrogen-bond donors (Lipinski definition) is 1. The minimum atomic E-state index is 0.395. The second-order valence-electron chi connectivity index (χ2n) is 7.05. The molecule has 4 atom stereocenters. The Morgan fingerprint density at radius 2 is 2.00 bits per heavy atom. The minimum Gasteiger partial charge on any atom is -0.326 e. The monoisotopic (exact) mass is 224 g/mol. The van der Waals surface area contributed by atoms with Crippen LogP contribution in [0.4, 0.5) is 0 Å². The van der Waals surface area contributed by atoms with Crippen molar-refractivity contribution in [3.05, 3.63) is 0 Å². The van der Waals surface area contributed by atoms with E-state index in [-0.39, 0.29) is 0 Å². The van der Waals surface area contributed by atoms with Gasteiger partial charge in [0.25, 0.3) is 0 Å². The Balaban J connectivity index is 1.90. The molecule has 0 aromatic heterocycles. The molecule has 0 spiro atoms. The molecule has 0 bridgehead atoms. The molecule has 4 unspecified atom stereocenters. The molecule has 2 aliphatic rings. The third-order valence-corrected chi connectivity index (χ3v) is 4.78. The summed E-state index contributed by atoms with van der Waals surface area (Å²) in [6.07, 6.45) is 5.18. The molecule has 0 aliphatic heterocycles. The zero-order valence-electron chi connectivity index (χ0n) is 11.4. The van der Waals surface area contributed by atoms with Gasteiger partial charge in [-0.3, -0.25) is 0 Å². The normalized spacial score (nSPS) is 42.4. The van der Waals surface area contributed by atoms with Crippen LogP contribution < -0.4 is 5.73 Å². The van der Waals surface area contributed by atoms with E-state index in [0.717, 1.165) is 11.8 Å². The van der Waals surface area contributed by atoms with Gasteiger partial charge in [-0.05, 0) is 50.0 Å². The van der Waals surface area contributed by atoms with E-state index in [1.165, 1.54) is 32.2 Å². The molecule has 2 N–H and O–H groups in total. The molecule has 16 heavy (non-hydrogen) atoms. The smallest absolute Gasteiger partial charge is 0.0249 e. The summed E-state index contributed by atoms with van der Waals surface area (Å²) in [7, 11) is 2.27. The van der Waals surface area contributed by atoms with Crippen LogP contribution in [0.25, 0.3) is 0 Å². The van der Waals surface area contributed by atoms with Crippen molar-refractivity contribution >= 4 is 0 Å². The van der Waals surface area contributed by atoms with E-state index < -0.39 is 0 Å². The zero-order chi connectivity index (χ0) is 11.9. The molecule has 2 aliphatic carbocycles. The van der Waals surface area contributed by atoms with Crippen LogP contribution in [0.2, 0.25) is 0 Å². The van der Waals surface area contributed by atoms with Crippen LogP contribution in [0.1, 0.15) is 46.5 Å². The van der Waals surface area contributed by atoms with E-state index in [2.05, 4.69) is 32.7 Å². The fraction of sp³-hybridized carbons (Fsp3) is 1.00. The van der Waals surface area contributed by atoms with Crippen LogP contribution in [-0.4, -0.2) is 30.6 Å². The molecule has 2 fully saturated rings. The van der Waals surface area contributed by atoms with Crippen molar-refractivity contribution in [2.24, 2.45) is 23.0 Å². The van der Waals surface area contributed by atoms with Gasteiger partial charge in [0, 0.05) is 18.6 Å². The van der Waals surface area contributed by atoms with Gasteiger partial charge in [-0.1, -0.05) is 20.8 Å². The average Bonchev–Trinajstić information content (AvgIpc) is 2.86. The third-order valence-electron chi connectivity index (χ3n) is 4.78. The van der Waals surface area contributed by atoms with Crippen molar-refractivity contribution in [2.75, 3.05) is 13.6 Å². The number of hydrogen-bond acceptors (Lipinski definition) is 2. The maximum Gasteiger partial charge on any atom is 0.0249 e. The molecule has 2 heteroatoms. The molecule has 0 aromatic rings. The lowest BCUT2D eigenvalue weighted by Gasteiger charge is -2.43. The molecule has 0 radical (unpaired) electrons. The number of rotatable bonds is 3. The van der Waals surface area contributed by atoms with Crippen molar-refractivity contribution in [1.82, 2.24) is 4.90 Å². The first kappa shape index (κ1) is 12.4. The van der Waals surface area contributed by atoms with E-state index in [1.54, 1.807) is 0 Å². The fourth-order valence-electron chi connectivity index (χ4n) is 3.21. The van der Waals surface area contributed by atoms with Gasteiger partial charge in [0.2, 0.25) is 0 Å². The standard InChI is InChI=1S/C14H28N2/c1-10-7-11(10)9-16(4)13-8-14(2,3)6-5-12(13)15/h10-13H,5-9,15H2,1-4H3. The first-order valence-corrected chi connectivity index (χ1v) is 6.85. The predicted molar refractivity (Wildman–Crippen MR) is 69.3 cm³/mol. The van der Waals surface area contributed by atoms with E-state index in [0.29, 0.717) is 17.5 Å². The Labute approximate surface area is 101 Å². The van der Waals surface area contributed by atoms with Crippen LogP contribution in [0.15, 0.2) is 0 Å². The lowest BCUT2D eigenvalue weighted by atomic mass is 9.72. The number of nitrogens with two attached hydrogens (primary N) is 1. The first-order chi connectivity index (χ1) is 7.39. The van der Waals surface area contributed by atoms with Crippen LogP contribution in [0, 0.1) is 17.3 Å². The summed E-state index contributed by atoms with van der Waals surface area (Å²) in [5, 5.41) is 0. The van der Waals surface area contributed by atoms with Gasteiger partial charge in [0.05, 0.1) is 0 Å². The lowest BCUT2D eigenvalue weighted by molar-refractivity contribution is 0.0923. The summed E-state index contributed by atoms with van der Waals surface area (Å²) in [4.78, 5) is 2.54. The van der Waals surface area contributed by atoms with Gasteiger partial charge >= 0.3 is 0 Å². The highest BCUT2D eigenvalue weighted by molar-refractivity contribution is 4.94. The van der Waals surface area contributed by atoms with Gasteiger partial charge < -0.3 is 10.6 Å². The molecule has 0 amide bonds. The van der Waals surface area contributed by atoms with Crippen LogP contribution in [0.3, 0.4) is 0 Å². The molecule has 0 aromatic carbocycles. The van der Waals surface area contributed by atoms with Crippen LogP contribution in [0.5, 0.6) is 0 Å². The Morgan fingerprint density at radius 3 is 2.56 bits per heavy atom. The van der Waals surface area contributed by atoms with E-state index in [9.17, 15) is 0 Å².